The lowest BCUT2D eigenvalue weighted by Gasteiger charge is -2.12. The Morgan fingerprint density at radius 2 is 2.17 bits per heavy atom. The molecular weight excluding hydrogens is 424 g/mol. The van der Waals surface area contributed by atoms with Crippen LogP contribution in [0.4, 0.5) is 5.00 Å². The lowest BCUT2D eigenvalue weighted by molar-refractivity contribution is -0.115. The number of esters is 1. The molecule has 0 radical (unpaired) electrons. The number of carbonyl (C=O) groups is 2. The summed E-state index contributed by atoms with van der Waals surface area (Å²) in [6.45, 7) is 3.74. The second-order valence-corrected chi connectivity index (χ2v) is 9.16. The van der Waals surface area contributed by atoms with Crippen LogP contribution in [-0.2, 0) is 22.4 Å². The molecule has 1 aliphatic carbocycles. The first-order valence-electron chi connectivity index (χ1n) is 9.62. The fourth-order valence-electron chi connectivity index (χ4n) is 3.34. The molecule has 3 aromatic heterocycles. The second-order valence-electron chi connectivity index (χ2n) is 6.75. The van der Waals surface area contributed by atoms with Crippen LogP contribution in [0.15, 0.2) is 34.3 Å². The highest BCUT2D eigenvalue weighted by atomic mass is 32.2. The third-order valence-corrected chi connectivity index (χ3v) is 6.90. The van der Waals surface area contributed by atoms with Gasteiger partial charge in [-0.2, -0.15) is 4.98 Å². The number of carbonyl (C=O) groups excluding carboxylic acids is 2. The van der Waals surface area contributed by atoms with Crippen LogP contribution in [0.5, 0.6) is 0 Å². The lowest BCUT2D eigenvalue weighted by Crippen LogP contribution is -2.25. The maximum Gasteiger partial charge on any atom is 0.355 e. The van der Waals surface area contributed by atoms with Crippen molar-refractivity contribution in [2.24, 2.45) is 0 Å². The van der Waals surface area contributed by atoms with E-state index in [9.17, 15) is 14.4 Å². The zero-order valence-corrected chi connectivity index (χ0v) is 18.1. The molecule has 0 aromatic carbocycles. The van der Waals surface area contributed by atoms with E-state index in [1.54, 1.807) is 38.2 Å². The Balaban J connectivity index is 1.53. The van der Waals surface area contributed by atoms with Gasteiger partial charge in [-0.1, -0.05) is 17.8 Å². The molecule has 0 unspecified atom stereocenters. The summed E-state index contributed by atoms with van der Waals surface area (Å²) in [4.78, 5) is 46.8. The number of nitrogens with one attached hydrogen (secondary N) is 1. The molecule has 3 aromatic rings. The summed E-state index contributed by atoms with van der Waals surface area (Å²) < 4.78 is 6.54. The van der Waals surface area contributed by atoms with Gasteiger partial charge in [-0.3, -0.25) is 9.20 Å². The summed E-state index contributed by atoms with van der Waals surface area (Å²) in [5, 5.41) is 3.06. The topological polar surface area (TPSA) is 103 Å². The van der Waals surface area contributed by atoms with Crippen LogP contribution in [0.25, 0.3) is 5.65 Å². The molecule has 1 N–H and O–H groups in total. The van der Waals surface area contributed by atoms with Gasteiger partial charge in [-0.15, -0.1) is 11.3 Å². The number of amides is 1. The zero-order valence-electron chi connectivity index (χ0n) is 16.5. The number of nitrogens with zero attached hydrogens (tertiary/aromatic N) is 3. The third-order valence-electron chi connectivity index (χ3n) is 4.73. The average Bonchev–Trinajstić information content (AvgIpc) is 3.28. The number of thioether (sulfide) groups is 1. The first kappa shape index (κ1) is 20.5. The highest BCUT2D eigenvalue weighted by molar-refractivity contribution is 8.00. The number of hydrogen-bond acceptors (Lipinski definition) is 8. The molecule has 30 heavy (non-hydrogen) atoms. The number of rotatable bonds is 6. The number of anilines is 1. The van der Waals surface area contributed by atoms with Crippen molar-refractivity contribution in [2.45, 2.75) is 43.5 Å². The Bertz CT molecular complexity index is 1190. The Morgan fingerprint density at radius 3 is 2.97 bits per heavy atom. The molecule has 156 valence electrons. The van der Waals surface area contributed by atoms with Crippen molar-refractivity contribution in [3.63, 3.8) is 0 Å². The van der Waals surface area contributed by atoms with Gasteiger partial charge in [-0.25, -0.2) is 14.6 Å². The SMILES string of the molecule is CCOC(=O)c1c(NC(=O)[C@H](C)Sc2nc(=O)n3ccccc3n2)sc2c1CCC2. The van der Waals surface area contributed by atoms with Crippen molar-refractivity contribution in [3.05, 3.63) is 50.9 Å². The standard InChI is InChI=1S/C20H20N4O4S2/c1-3-28-18(26)15-12-7-6-8-13(12)30-17(15)22-16(25)11(2)29-19-21-14-9-4-5-10-24(14)20(27)23-19/h4-5,9-11H,3,6-8H2,1-2H3,(H,22,25)/t11-/m0/s1. The average molecular weight is 445 g/mol. The fraction of sp³-hybridized carbons (Fsp3) is 0.350. The maximum absolute atomic E-state index is 12.8. The van der Waals surface area contributed by atoms with Crippen LogP contribution in [0.2, 0.25) is 0 Å². The van der Waals surface area contributed by atoms with E-state index in [-0.39, 0.29) is 17.7 Å². The van der Waals surface area contributed by atoms with Gasteiger partial charge in [-0.05, 0) is 50.8 Å². The minimum absolute atomic E-state index is 0.230. The van der Waals surface area contributed by atoms with Gasteiger partial charge in [0.2, 0.25) is 5.91 Å². The first-order chi connectivity index (χ1) is 14.5. The number of aryl methyl sites for hydroxylation is 1. The minimum Gasteiger partial charge on any atom is -0.462 e. The quantitative estimate of drug-likeness (QED) is 0.461. The molecule has 0 spiro atoms. The molecular formula is C20H20N4O4S2. The van der Waals surface area contributed by atoms with E-state index in [0.717, 1.165) is 41.5 Å². The molecule has 3 heterocycles. The van der Waals surface area contributed by atoms with Gasteiger partial charge < -0.3 is 10.1 Å². The van der Waals surface area contributed by atoms with Crippen LogP contribution in [0, 0.1) is 0 Å². The van der Waals surface area contributed by atoms with E-state index >= 15 is 0 Å². The van der Waals surface area contributed by atoms with Crippen molar-refractivity contribution < 1.29 is 14.3 Å². The molecule has 4 rings (SSSR count). The maximum atomic E-state index is 12.8. The van der Waals surface area contributed by atoms with Gasteiger partial charge in [0.15, 0.2) is 5.16 Å². The molecule has 1 atom stereocenters. The molecule has 0 saturated carbocycles. The summed E-state index contributed by atoms with van der Waals surface area (Å²) in [7, 11) is 0. The summed E-state index contributed by atoms with van der Waals surface area (Å²) >= 11 is 2.53. The van der Waals surface area contributed by atoms with E-state index in [2.05, 4.69) is 15.3 Å². The monoisotopic (exact) mass is 444 g/mol. The van der Waals surface area contributed by atoms with Gasteiger partial charge in [0.25, 0.3) is 0 Å². The summed E-state index contributed by atoms with van der Waals surface area (Å²) in [5.41, 5.74) is 1.47. The Kier molecular flexibility index (Phi) is 5.87. The Hall–Kier alpha value is -2.72. The third kappa shape index (κ3) is 3.97. The fourth-order valence-corrected chi connectivity index (χ4v) is 5.37. The number of pyridine rings is 1. The van der Waals surface area contributed by atoms with Crippen molar-refractivity contribution in [2.75, 3.05) is 11.9 Å². The van der Waals surface area contributed by atoms with Crippen molar-refractivity contribution >= 4 is 45.6 Å². The number of fused-ring (bicyclic) bond motifs is 2. The van der Waals surface area contributed by atoms with E-state index in [0.29, 0.717) is 16.2 Å². The largest absolute Gasteiger partial charge is 0.462 e. The highest BCUT2D eigenvalue weighted by Gasteiger charge is 2.29. The first-order valence-corrected chi connectivity index (χ1v) is 11.3. The van der Waals surface area contributed by atoms with Crippen LogP contribution < -0.4 is 11.0 Å². The van der Waals surface area contributed by atoms with Crippen molar-refractivity contribution in [1.82, 2.24) is 14.4 Å². The van der Waals surface area contributed by atoms with Gasteiger partial charge >= 0.3 is 11.7 Å². The second kappa shape index (κ2) is 8.57. The number of ether oxygens (including phenoxy) is 1. The zero-order chi connectivity index (χ0) is 21.3. The van der Waals surface area contributed by atoms with E-state index in [4.69, 9.17) is 4.74 Å². The molecule has 0 saturated heterocycles. The van der Waals surface area contributed by atoms with E-state index in [1.165, 1.54) is 15.7 Å². The molecule has 10 heteroatoms. The van der Waals surface area contributed by atoms with Crippen molar-refractivity contribution in [3.8, 4) is 0 Å². The number of aromatic nitrogens is 3. The van der Waals surface area contributed by atoms with Gasteiger partial charge in [0.05, 0.1) is 17.4 Å². The van der Waals surface area contributed by atoms with Gasteiger partial charge in [0, 0.05) is 11.1 Å². The molecule has 0 bridgehead atoms. The molecule has 8 nitrogen and oxygen atoms in total. The minimum atomic E-state index is -0.567. The molecule has 0 aliphatic heterocycles. The Labute approximate surface area is 180 Å². The molecule has 1 aliphatic rings. The predicted molar refractivity (Wildman–Crippen MR) is 116 cm³/mol. The summed E-state index contributed by atoms with van der Waals surface area (Å²) in [6.07, 6.45) is 4.31. The van der Waals surface area contributed by atoms with Crippen LogP contribution in [-0.4, -0.2) is 38.1 Å². The van der Waals surface area contributed by atoms with E-state index in [1.807, 2.05) is 0 Å². The van der Waals surface area contributed by atoms with Crippen LogP contribution >= 0.6 is 23.1 Å². The lowest BCUT2D eigenvalue weighted by atomic mass is 10.1. The molecule has 0 fully saturated rings. The highest BCUT2D eigenvalue weighted by Crippen LogP contribution is 2.39. The van der Waals surface area contributed by atoms with Crippen LogP contribution in [0.3, 0.4) is 0 Å². The number of thiophene rings is 1. The number of hydrogen-bond donors (Lipinski definition) is 1. The van der Waals surface area contributed by atoms with Gasteiger partial charge in [0.1, 0.15) is 10.6 Å². The summed E-state index contributed by atoms with van der Waals surface area (Å²) in [5.74, 6) is -0.694. The van der Waals surface area contributed by atoms with E-state index < -0.39 is 16.9 Å². The smallest absolute Gasteiger partial charge is 0.355 e. The van der Waals surface area contributed by atoms with Crippen molar-refractivity contribution in [1.29, 1.82) is 0 Å². The van der Waals surface area contributed by atoms with Crippen LogP contribution in [0.1, 0.15) is 41.1 Å². The Morgan fingerprint density at radius 1 is 1.33 bits per heavy atom. The summed E-state index contributed by atoms with van der Waals surface area (Å²) in [6, 6.07) is 5.20. The normalized spacial score (nSPS) is 13.8. The predicted octanol–water partition coefficient (Wildman–Crippen LogP) is 2.94. The molecule has 1 amide bonds.